The first kappa shape index (κ1) is 20.4. The topological polar surface area (TPSA) is 91.8 Å². The molecule has 34 heavy (non-hydrogen) atoms. The molecule has 2 aromatic carbocycles. The number of ether oxygens (including phenoxy) is 1. The maximum atomic E-state index is 11.2. The quantitative estimate of drug-likeness (QED) is 0.526. The Morgan fingerprint density at radius 3 is 2.94 bits per heavy atom. The summed E-state index contributed by atoms with van der Waals surface area (Å²) >= 11 is 0. The van der Waals surface area contributed by atoms with E-state index >= 15 is 0 Å². The van der Waals surface area contributed by atoms with Crippen LogP contribution in [0.2, 0.25) is 0 Å². The number of likely N-dealkylation sites (tertiary alicyclic amines) is 1. The summed E-state index contributed by atoms with van der Waals surface area (Å²) < 4.78 is 6.37. The van der Waals surface area contributed by atoms with Gasteiger partial charge in [-0.1, -0.05) is 30.4 Å². The van der Waals surface area contributed by atoms with Crippen molar-refractivity contribution >= 4 is 10.9 Å². The van der Waals surface area contributed by atoms with Gasteiger partial charge in [-0.25, -0.2) is 4.98 Å². The number of aromatic hydroxyl groups is 1. The first-order chi connectivity index (χ1) is 16.5. The minimum Gasteiger partial charge on any atom is -0.504 e. The summed E-state index contributed by atoms with van der Waals surface area (Å²) in [5.74, 6) is 0.944. The maximum absolute atomic E-state index is 11.2. The number of pyridine rings is 1. The van der Waals surface area contributed by atoms with Crippen molar-refractivity contribution in [3.8, 4) is 22.8 Å². The number of phenolic OH excluding ortho intramolecular Hbond substituents is 1. The number of nitrogens with zero attached hydrogens (tertiary/aromatic N) is 2. The van der Waals surface area contributed by atoms with Crippen molar-refractivity contribution in [1.29, 1.82) is 0 Å². The van der Waals surface area contributed by atoms with E-state index in [1.165, 1.54) is 11.1 Å². The van der Waals surface area contributed by atoms with E-state index in [1.807, 2.05) is 30.3 Å². The summed E-state index contributed by atoms with van der Waals surface area (Å²) in [6, 6.07) is 12.4. The van der Waals surface area contributed by atoms with Gasteiger partial charge < -0.3 is 25.6 Å². The maximum Gasteiger partial charge on any atom is 0.165 e. The molecule has 1 saturated heterocycles. The highest BCUT2D eigenvalue weighted by Crippen LogP contribution is 2.63. The summed E-state index contributed by atoms with van der Waals surface area (Å²) in [4.78, 5) is 7.49. The first-order valence-corrected chi connectivity index (χ1v) is 12.2. The molecule has 4 N–H and O–H groups in total. The highest BCUT2D eigenvalue weighted by molar-refractivity contribution is 5.86. The Kier molecular flexibility index (Phi) is 4.23. The number of hydrogen-bond donors (Lipinski definition) is 3. The fourth-order valence-corrected chi connectivity index (χ4v) is 7.30. The Hall–Kier alpha value is -2.93. The summed E-state index contributed by atoms with van der Waals surface area (Å²) in [6.07, 6.45) is 5.55. The fourth-order valence-electron chi connectivity index (χ4n) is 7.30. The van der Waals surface area contributed by atoms with E-state index in [9.17, 15) is 10.2 Å². The van der Waals surface area contributed by atoms with Gasteiger partial charge in [-0.15, -0.1) is 0 Å². The Balaban J connectivity index is 1.51. The number of piperidine rings is 1. The van der Waals surface area contributed by atoms with Crippen molar-refractivity contribution in [2.45, 2.75) is 42.9 Å². The number of aliphatic hydroxyl groups excluding tert-OH is 1. The van der Waals surface area contributed by atoms with Crippen molar-refractivity contribution in [3.05, 3.63) is 65.2 Å². The van der Waals surface area contributed by atoms with Crippen LogP contribution in [0.1, 0.15) is 23.1 Å². The predicted molar refractivity (Wildman–Crippen MR) is 131 cm³/mol. The van der Waals surface area contributed by atoms with Crippen LogP contribution in [0.15, 0.2) is 48.6 Å². The minimum atomic E-state index is -0.684. The van der Waals surface area contributed by atoms with Crippen LogP contribution in [-0.4, -0.2) is 58.5 Å². The molecule has 1 aromatic heterocycles. The van der Waals surface area contributed by atoms with E-state index in [0.717, 1.165) is 53.5 Å². The zero-order valence-corrected chi connectivity index (χ0v) is 19.2. The number of hydrogen-bond acceptors (Lipinski definition) is 6. The normalized spacial score (nSPS) is 30.9. The van der Waals surface area contributed by atoms with Crippen LogP contribution in [-0.2, 0) is 18.3 Å². The van der Waals surface area contributed by atoms with Crippen molar-refractivity contribution < 1.29 is 14.9 Å². The van der Waals surface area contributed by atoms with Gasteiger partial charge in [0.2, 0.25) is 0 Å². The number of rotatable bonds is 3. The molecule has 0 amide bonds. The summed E-state index contributed by atoms with van der Waals surface area (Å²) in [7, 11) is 2.20. The van der Waals surface area contributed by atoms with Crippen LogP contribution >= 0.6 is 0 Å². The van der Waals surface area contributed by atoms with Crippen molar-refractivity contribution in [1.82, 2.24) is 9.88 Å². The molecule has 0 unspecified atom stereocenters. The van der Waals surface area contributed by atoms with Crippen molar-refractivity contribution in [2.75, 3.05) is 20.1 Å². The third kappa shape index (κ3) is 2.48. The van der Waals surface area contributed by atoms with Gasteiger partial charge in [0.05, 0.1) is 11.2 Å². The third-order valence-electron chi connectivity index (χ3n) is 8.77. The Morgan fingerprint density at radius 1 is 1.24 bits per heavy atom. The number of nitrogens with two attached hydrogens (primary N) is 1. The van der Waals surface area contributed by atoms with Gasteiger partial charge in [0.1, 0.15) is 12.2 Å². The molecule has 7 rings (SSSR count). The van der Waals surface area contributed by atoms with Crippen molar-refractivity contribution in [3.63, 3.8) is 0 Å². The molecule has 0 saturated carbocycles. The lowest BCUT2D eigenvalue weighted by Gasteiger charge is -2.56. The van der Waals surface area contributed by atoms with Gasteiger partial charge in [0.15, 0.2) is 11.5 Å². The second-order valence-electron chi connectivity index (χ2n) is 10.3. The second kappa shape index (κ2) is 7.04. The number of benzene rings is 2. The number of aromatic nitrogens is 1. The van der Waals surface area contributed by atoms with Crippen LogP contribution in [0.4, 0.5) is 0 Å². The average molecular weight is 456 g/mol. The molecule has 2 bridgehead atoms. The second-order valence-corrected chi connectivity index (χ2v) is 10.3. The van der Waals surface area contributed by atoms with Crippen LogP contribution in [0.3, 0.4) is 0 Å². The highest BCUT2D eigenvalue weighted by atomic mass is 16.5. The number of fused-ring (bicyclic) bond motifs is 1. The zero-order valence-electron chi connectivity index (χ0n) is 19.2. The molecule has 2 aliphatic carbocycles. The first-order valence-electron chi connectivity index (χ1n) is 12.2. The monoisotopic (exact) mass is 455 g/mol. The molecule has 1 fully saturated rings. The van der Waals surface area contributed by atoms with Crippen LogP contribution < -0.4 is 10.5 Å². The van der Waals surface area contributed by atoms with Gasteiger partial charge in [-0.3, -0.25) is 0 Å². The molecular formula is C28H29N3O3. The molecule has 6 heteroatoms. The highest BCUT2D eigenvalue weighted by Gasteiger charge is 2.64. The van der Waals surface area contributed by atoms with Crippen LogP contribution in [0.25, 0.3) is 22.2 Å². The lowest BCUT2D eigenvalue weighted by atomic mass is 9.53. The van der Waals surface area contributed by atoms with Gasteiger partial charge in [0.25, 0.3) is 0 Å². The van der Waals surface area contributed by atoms with Crippen molar-refractivity contribution in [2.24, 2.45) is 11.7 Å². The van der Waals surface area contributed by atoms with Gasteiger partial charge in [0, 0.05) is 33.9 Å². The minimum absolute atomic E-state index is 0.135. The van der Waals surface area contributed by atoms with E-state index in [0.29, 0.717) is 18.3 Å². The Labute approximate surface area is 198 Å². The van der Waals surface area contributed by atoms with Crippen LogP contribution in [0.5, 0.6) is 11.5 Å². The number of para-hydroxylation sites is 1. The number of likely N-dealkylation sites (N-methyl/N-ethyl adjacent to an activating group) is 1. The molecule has 4 aliphatic rings. The molecule has 0 radical (unpaired) electrons. The van der Waals surface area contributed by atoms with E-state index in [4.69, 9.17) is 15.5 Å². The molecular weight excluding hydrogens is 426 g/mol. The van der Waals surface area contributed by atoms with Gasteiger partial charge in [-0.2, -0.15) is 0 Å². The predicted octanol–water partition coefficient (Wildman–Crippen LogP) is 2.91. The molecule has 2 aliphatic heterocycles. The largest absolute Gasteiger partial charge is 0.504 e. The van der Waals surface area contributed by atoms with Gasteiger partial charge in [-0.05, 0) is 68.7 Å². The Morgan fingerprint density at radius 2 is 2.09 bits per heavy atom. The lowest BCUT2D eigenvalue weighted by molar-refractivity contribution is -0.0452. The van der Waals surface area contributed by atoms with E-state index < -0.39 is 6.10 Å². The number of phenols is 1. The molecule has 3 heterocycles. The molecule has 6 nitrogen and oxygen atoms in total. The summed E-state index contributed by atoms with van der Waals surface area (Å²) in [5.41, 5.74) is 11.9. The molecule has 174 valence electrons. The third-order valence-corrected chi connectivity index (χ3v) is 8.77. The lowest BCUT2D eigenvalue weighted by Crippen LogP contribution is -2.64. The van der Waals surface area contributed by atoms with E-state index in [2.05, 4.69) is 30.2 Å². The standard InChI is InChI=1S/C28H29N3O3/c1-31-11-9-28-19-6-7-23(32)27(28)34-26-24(33)14-17(18(25(26)28)13-22(19)31)21-12-15(8-10-29)16-4-2-3-5-20(16)30-21/h2-7,12,14,19,22-23,27,32-33H,8-11,13,29H2,1H3/t19-,22+,23-,27-,28-/m0/s1. The smallest absolute Gasteiger partial charge is 0.165 e. The number of aliphatic hydroxyl groups is 1. The fraction of sp³-hybridized carbons (Fsp3) is 0.393. The van der Waals surface area contributed by atoms with Gasteiger partial charge >= 0.3 is 0 Å². The van der Waals surface area contributed by atoms with Crippen LogP contribution in [0, 0.1) is 5.92 Å². The zero-order chi connectivity index (χ0) is 23.2. The van der Waals surface area contributed by atoms with E-state index in [-0.39, 0.29) is 23.2 Å². The summed E-state index contributed by atoms with van der Waals surface area (Å²) in [5, 5.41) is 23.2. The SMILES string of the molecule is CN1CC[C@]23c4c5c(-c6cc(CCN)c7ccccc7n6)cc(O)c4O[C@H]2[C@@H](O)C=C[C@H]3[C@H]1C5. The average Bonchev–Trinajstić information content (AvgIpc) is 3.20. The summed E-state index contributed by atoms with van der Waals surface area (Å²) in [6.45, 7) is 1.51. The molecule has 5 atom stereocenters. The van der Waals surface area contributed by atoms with E-state index in [1.54, 1.807) is 0 Å². The molecule has 1 spiro atoms. The molecule has 3 aromatic rings. The Bertz CT molecular complexity index is 1370.